The topological polar surface area (TPSA) is 15.6 Å². The third-order valence-corrected chi connectivity index (χ3v) is 3.20. The first-order valence-corrected chi connectivity index (χ1v) is 6.39. The van der Waals surface area contributed by atoms with Gasteiger partial charge in [0.05, 0.1) is 11.4 Å². The molecule has 0 saturated heterocycles. The van der Waals surface area contributed by atoms with E-state index in [1.165, 1.54) is 11.3 Å². The summed E-state index contributed by atoms with van der Waals surface area (Å²) < 4.78 is 0. The van der Waals surface area contributed by atoms with Crippen molar-refractivity contribution >= 4 is 17.1 Å². The van der Waals surface area contributed by atoms with Crippen LogP contribution in [0, 0.1) is 6.92 Å². The van der Waals surface area contributed by atoms with Gasteiger partial charge in [0.1, 0.15) is 0 Å². The Balaban J connectivity index is 2.36. The second kappa shape index (κ2) is 5.27. The number of rotatable bonds is 2. The zero-order chi connectivity index (χ0) is 14.0. The van der Waals surface area contributed by atoms with Crippen LogP contribution in [0.4, 0.5) is 11.4 Å². The second-order valence-electron chi connectivity index (χ2n) is 5.10. The van der Waals surface area contributed by atoms with Crippen LogP contribution in [0.1, 0.15) is 12.5 Å². The lowest BCUT2D eigenvalue weighted by molar-refractivity contribution is 1.13. The molecule has 0 aliphatic heterocycles. The fourth-order valence-electron chi connectivity index (χ4n) is 2.02. The summed E-state index contributed by atoms with van der Waals surface area (Å²) in [6, 6.07) is 6.32. The van der Waals surface area contributed by atoms with Gasteiger partial charge in [-0.15, -0.1) is 0 Å². The van der Waals surface area contributed by atoms with E-state index in [-0.39, 0.29) is 0 Å². The molecule has 0 atom stereocenters. The van der Waals surface area contributed by atoms with Gasteiger partial charge in [-0.25, -0.2) is 4.99 Å². The van der Waals surface area contributed by atoms with Gasteiger partial charge in [-0.05, 0) is 54.8 Å². The number of hydrogen-bond acceptors (Lipinski definition) is 2. The molecule has 0 heterocycles. The molecule has 1 aliphatic rings. The molecule has 0 amide bonds. The van der Waals surface area contributed by atoms with Gasteiger partial charge in [-0.3, -0.25) is 0 Å². The van der Waals surface area contributed by atoms with Crippen molar-refractivity contribution in [3.05, 3.63) is 59.7 Å². The summed E-state index contributed by atoms with van der Waals surface area (Å²) in [5, 5.41) is 0. The van der Waals surface area contributed by atoms with Crippen LogP contribution in [-0.2, 0) is 0 Å². The van der Waals surface area contributed by atoms with Gasteiger partial charge in [0.25, 0.3) is 0 Å². The van der Waals surface area contributed by atoms with Crippen LogP contribution in [0.3, 0.4) is 0 Å². The number of aliphatic imine (C=N–C) groups is 1. The Kier molecular flexibility index (Phi) is 3.70. The number of hydrogen-bond donors (Lipinski definition) is 0. The molecule has 0 N–H and O–H groups in total. The maximum absolute atomic E-state index is 4.74. The lowest BCUT2D eigenvalue weighted by atomic mass is 10.0. The Morgan fingerprint density at radius 3 is 2.42 bits per heavy atom. The first-order chi connectivity index (χ1) is 8.97. The van der Waals surface area contributed by atoms with E-state index in [0.29, 0.717) is 0 Å². The van der Waals surface area contributed by atoms with Crippen molar-refractivity contribution in [3.63, 3.8) is 0 Å². The average molecular weight is 252 g/mol. The molecule has 0 fully saturated rings. The lowest BCUT2D eigenvalue weighted by Gasteiger charge is -2.14. The van der Waals surface area contributed by atoms with Crippen LogP contribution >= 0.6 is 0 Å². The molecule has 2 nitrogen and oxygen atoms in total. The Labute approximate surface area is 115 Å². The molecule has 19 heavy (non-hydrogen) atoms. The fraction of sp³-hybridized carbons (Fsp3) is 0.235. The van der Waals surface area contributed by atoms with Gasteiger partial charge < -0.3 is 4.90 Å². The standard InChI is InChI=1S/C17H20N2/c1-12-6-8-16(13(2)10-12)18-17-9-7-15(19(4)5)11-14(17)3/h6-11H,1H2,2-5H3/b18-16-. The second-order valence-corrected chi connectivity index (χ2v) is 5.10. The summed E-state index contributed by atoms with van der Waals surface area (Å²) in [5.41, 5.74) is 6.59. The number of aryl methyl sites for hydroxylation is 1. The molecule has 2 heteroatoms. The van der Waals surface area contributed by atoms with Crippen LogP contribution in [0.25, 0.3) is 0 Å². The monoisotopic (exact) mass is 252 g/mol. The van der Waals surface area contributed by atoms with Crippen LogP contribution in [0.5, 0.6) is 0 Å². The third-order valence-electron chi connectivity index (χ3n) is 3.20. The average Bonchev–Trinajstić information content (AvgIpc) is 2.34. The Bertz CT molecular complexity index is 602. The molecular weight excluding hydrogens is 232 g/mol. The Morgan fingerprint density at radius 1 is 1.11 bits per heavy atom. The predicted octanol–water partition coefficient (Wildman–Crippen LogP) is 4.21. The van der Waals surface area contributed by atoms with E-state index in [0.717, 1.165) is 22.5 Å². The Hall–Kier alpha value is -2.09. The van der Waals surface area contributed by atoms with E-state index in [1.54, 1.807) is 0 Å². The maximum atomic E-state index is 4.74. The molecule has 0 saturated carbocycles. The van der Waals surface area contributed by atoms with Crippen molar-refractivity contribution in [3.8, 4) is 0 Å². The summed E-state index contributed by atoms with van der Waals surface area (Å²) in [4.78, 5) is 6.83. The molecule has 1 aromatic rings. The minimum atomic E-state index is 1.01. The molecule has 0 unspecified atom stereocenters. The van der Waals surface area contributed by atoms with Gasteiger partial charge in [0.15, 0.2) is 0 Å². The van der Waals surface area contributed by atoms with Crippen molar-refractivity contribution in [2.45, 2.75) is 13.8 Å². The molecule has 98 valence electrons. The minimum absolute atomic E-state index is 1.01. The van der Waals surface area contributed by atoms with E-state index < -0.39 is 0 Å². The molecule has 1 aliphatic carbocycles. The number of anilines is 1. The van der Waals surface area contributed by atoms with E-state index in [4.69, 9.17) is 4.99 Å². The van der Waals surface area contributed by atoms with E-state index in [1.807, 2.05) is 26.2 Å². The van der Waals surface area contributed by atoms with Gasteiger partial charge in [0.2, 0.25) is 0 Å². The summed E-state index contributed by atoms with van der Waals surface area (Å²) in [7, 11) is 4.09. The van der Waals surface area contributed by atoms with Gasteiger partial charge in [-0.2, -0.15) is 0 Å². The normalized spacial score (nSPS) is 16.7. The summed E-state index contributed by atoms with van der Waals surface area (Å²) in [6.45, 7) is 8.09. The highest BCUT2D eigenvalue weighted by molar-refractivity contribution is 6.11. The quantitative estimate of drug-likeness (QED) is 0.770. The molecule has 0 spiro atoms. The van der Waals surface area contributed by atoms with Crippen LogP contribution in [0.15, 0.2) is 59.1 Å². The number of nitrogens with zero attached hydrogens (tertiary/aromatic N) is 2. The highest BCUT2D eigenvalue weighted by atomic mass is 15.1. The van der Waals surface area contributed by atoms with Crippen molar-refractivity contribution in [2.24, 2.45) is 4.99 Å². The number of benzene rings is 1. The van der Waals surface area contributed by atoms with Crippen molar-refractivity contribution < 1.29 is 0 Å². The Morgan fingerprint density at radius 2 is 1.84 bits per heavy atom. The predicted molar refractivity (Wildman–Crippen MR) is 84.6 cm³/mol. The lowest BCUT2D eigenvalue weighted by Crippen LogP contribution is -2.08. The van der Waals surface area contributed by atoms with Crippen molar-refractivity contribution in [2.75, 3.05) is 19.0 Å². The fourth-order valence-corrected chi connectivity index (χ4v) is 2.02. The highest BCUT2D eigenvalue weighted by Crippen LogP contribution is 2.25. The zero-order valence-corrected chi connectivity index (χ0v) is 12.1. The van der Waals surface area contributed by atoms with Gasteiger partial charge in [0, 0.05) is 19.8 Å². The molecule has 2 rings (SSSR count). The summed E-state index contributed by atoms with van der Waals surface area (Å²) in [6.07, 6.45) is 6.08. The van der Waals surface area contributed by atoms with E-state index in [2.05, 4.69) is 49.6 Å². The zero-order valence-electron chi connectivity index (χ0n) is 12.1. The number of allylic oxidation sites excluding steroid dienone is 5. The first-order valence-electron chi connectivity index (χ1n) is 6.39. The van der Waals surface area contributed by atoms with Crippen LogP contribution in [-0.4, -0.2) is 19.8 Å². The largest absolute Gasteiger partial charge is 0.378 e. The van der Waals surface area contributed by atoms with Gasteiger partial charge >= 0.3 is 0 Å². The van der Waals surface area contributed by atoms with Crippen molar-refractivity contribution in [1.82, 2.24) is 0 Å². The molecule has 0 radical (unpaired) electrons. The SMILES string of the molecule is C=C1C=C/C(=N/c2ccc(N(C)C)cc2C)C(C)=C1. The smallest absolute Gasteiger partial charge is 0.0667 e. The van der Waals surface area contributed by atoms with Gasteiger partial charge in [-0.1, -0.05) is 18.7 Å². The molecule has 1 aromatic carbocycles. The minimum Gasteiger partial charge on any atom is -0.378 e. The first kappa shape index (κ1) is 13.3. The van der Waals surface area contributed by atoms with Crippen LogP contribution in [0.2, 0.25) is 0 Å². The molecular formula is C17H20N2. The summed E-state index contributed by atoms with van der Waals surface area (Å²) >= 11 is 0. The van der Waals surface area contributed by atoms with E-state index >= 15 is 0 Å². The maximum Gasteiger partial charge on any atom is 0.0667 e. The summed E-state index contributed by atoms with van der Waals surface area (Å²) in [5.74, 6) is 0. The highest BCUT2D eigenvalue weighted by Gasteiger charge is 2.06. The molecule has 0 aromatic heterocycles. The van der Waals surface area contributed by atoms with Crippen LogP contribution < -0.4 is 4.90 Å². The van der Waals surface area contributed by atoms with E-state index in [9.17, 15) is 0 Å². The van der Waals surface area contributed by atoms with Crippen molar-refractivity contribution in [1.29, 1.82) is 0 Å². The molecule has 0 bridgehead atoms. The third kappa shape index (κ3) is 3.02.